The molecule has 2 nitrogen and oxygen atoms in total. The largest absolute Gasteiger partial charge is 0.493 e. The molecule has 1 aliphatic carbocycles. The first-order valence-corrected chi connectivity index (χ1v) is 7.50. The molecule has 0 unspecified atom stereocenters. The van der Waals surface area contributed by atoms with E-state index in [1.165, 1.54) is 31.2 Å². The summed E-state index contributed by atoms with van der Waals surface area (Å²) in [5.74, 6) is 1.79. The van der Waals surface area contributed by atoms with E-state index in [0.717, 1.165) is 24.8 Å². The van der Waals surface area contributed by atoms with E-state index >= 15 is 0 Å². The van der Waals surface area contributed by atoms with Crippen LogP contribution in [0.5, 0.6) is 5.75 Å². The van der Waals surface area contributed by atoms with Gasteiger partial charge >= 0.3 is 0 Å². The smallest absolute Gasteiger partial charge is 0.119 e. The summed E-state index contributed by atoms with van der Waals surface area (Å²) in [5.41, 5.74) is 1.47. The van der Waals surface area contributed by atoms with E-state index < -0.39 is 0 Å². The zero-order chi connectivity index (χ0) is 13.7. The Bertz CT molecular complexity index is 371. The summed E-state index contributed by atoms with van der Waals surface area (Å²) in [7, 11) is 0. The van der Waals surface area contributed by atoms with Crippen LogP contribution in [0.2, 0.25) is 0 Å². The average Bonchev–Trinajstić information content (AvgIpc) is 2.87. The number of hydrogen-bond acceptors (Lipinski definition) is 2. The van der Waals surface area contributed by atoms with Crippen LogP contribution in [0.3, 0.4) is 0 Å². The summed E-state index contributed by atoms with van der Waals surface area (Å²) in [6.07, 6.45) is 5.44. The third-order valence-electron chi connectivity index (χ3n) is 3.71. The maximum atomic E-state index is 5.87. The molecule has 1 aliphatic rings. The van der Waals surface area contributed by atoms with Gasteiger partial charge in [0.25, 0.3) is 0 Å². The van der Waals surface area contributed by atoms with Gasteiger partial charge in [-0.1, -0.05) is 25.0 Å². The van der Waals surface area contributed by atoms with E-state index in [0.29, 0.717) is 0 Å². The maximum absolute atomic E-state index is 5.87. The van der Waals surface area contributed by atoms with Crippen molar-refractivity contribution in [3.63, 3.8) is 0 Å². The summed E-state index contributed by atoms with van der Waals surface area (Å²) in [6.45, 7) is 8.36. The minimum absolute atomic E-state index is 0.164. The molecule has 0 radical (unpaired) electrons. The summed E-state index contributed by atoms with van der Waals surface area (Å²) in [5, 5.41) is 3.49. The van der Waals surface area contributed by atoms with Gasteiger partial charge in [-0.25, -0.2) is 0 Å². The van der Waals surface area contributed by atoms with Crippen LogP contribution in [0.4, 0.5) is 0 Å². The zero-order valence-corrected chi connectivity index (χ0v) is 12.5. The number of rotatable bonds is 5. The van der Waals surface area contributed by atoms with Crippen molar-refractivity contribution in [2.24, 2.45) is 5.92 Å². The summed E-state index contributed by atoms with van der Waals surface area (Å²) in [6, 6.07) is 8.49. The topological polar surface area (TPSA) is 21.3 Å². The first-order valence-electron chi connectivity index (χ1n) is 7.50. The molecule has 0 bridgehead atoms. The normalized spacial score (nSPS) is 16.8. The van der Waals surface area contributed by atoms with E-state index in [1.54, 1.807) is 0 Å². The van der Waals surface area contributed by atoms with Gasteiger partial charge in [0.2, 0.25) is 0 Å². The monoisotopic (exact) mass is 261 g/mol. The Morgan fingerprint density at radius 2 is 1.74 bits per heavy atom. The van der Waals surface area contributed by atoms with Crippen molar-refractivity contribution in [3.05, 3.63) is 29.8 Å². The van der Waals surface area contributed by atoms with E-state index in [1.807, 2.05) is 0 Å². The van der Waals surface area contributed by atoms with Gasteiger partial charge in [0.05, 0.1) is 6.61 Å². The minimum Gasteiger partial charge on any atom is -0.493 e. The van der Waals surface area contributed by atoms with E-state index in [-0.39, 0.29) is 5.54 Å². The third-order valence-corrected chi connectivity index (χ3v) is 3.71. The maximum Gasteiger partial charge on any atom is 0.119 e. The second kappa shape index (κ2) is 6.42. The summed E-state index contributed by atoms with van der Waals surface area (Å²) < 4.78 is 5.87. The van der Waals surface area contributed by atoms with Gasteiger partial charge in [-0.2, -0.15) is 0 Å². The first-order chi connectivity index (χ1) is 9.03. The second-order valence-corrected chi connectivity index (χ2v) is 6.71. The van der Waals surface area contributed by atoms with Gasteiger partial charge in [-0.05, 0) is 57.2 Å². The Morgan fingerprint density at radius 1 is 1.11 bits per heavy atom. The number of benzene rings is 1. The van der Waals surface area contributed by atoms with Gasteiger partial charge in [0.1, 0.15) is 5.75 Å². The van der Waals surface area contributed by atoms with Crippen molar-refractivity contribution in [2.75, 3.05) is 6.61 Å². The quantitative estimate of drug-likeness (QED) is 0.860. The highest BCUT2D eigenvalue weighted by atomic mass is 16.5. The molecule has 106 valence electrons. The standard InChI is InChI=1S/C17H27NO/c1-17(2,3)18-12-14-8-10-16(11-9-14)19-13-15-6-4-5-7-15/h8-11,15,18H,4-7,12-13H2,1-3H3. The lowest BCUT2D eigenvalue weighted by atomic mass is 10.1. The highest BCUT2D eigenvalue weighted by molar-refractivity contribution is 5.27. The predicted molar refractivity (Wildman–Crippen MR) is 80.5 cm³/mol. The summed E-state index contributed by atoms with van der Waals surface area (Å²) >= 11 is 0. The van der Waals surface area contributed by atoms with Crippen molar-refractivity contribution in [1.82, 2.24) is 5.32 Å². The Labute approximate surface area is 117 Å². The van der Waals surface area contributed by atoms with Gasteiger partial charge in [-0.15, -0.1) is 0 Å². The van der Waals surface area contributed by atoms with E-state index in [9.17, 15) is 0 Å². The molecule has 0 saturated heterocycles. The van der Waals surface area contributed by atoms with Gasteiger partial charge in [0, 0.05) is 12.1 Å². The van der Waals surface area contributed by atoms with Crippen LogP contribution in [0.25, 0.3) is 0 Å². The Morgan fingerprint density at radius 3 is 2.32 bits per heavy atom. The molecule has 0 heterocycles. The fourth-order valence-electron chi connectivity index (χ4n) is 2.46. The first kappa shape index (κ1) is 14.4. The highest BCUT2D eigenvalue weighted by Gasteiger charge is 2.15. The fraction of sp³-hybridized carbons (Fsp3) is 0.647. The molecule has 0 amide bonds. The van der Waals surface area contributed by atoms with E-state index in [4.69, 9.17) is 4.74 Å². The minimum atomic E-state index is 0.164. The predicted octanol–water partition coefficient (Wildman–Crippen LogP) is 4.14. The van der Waals surface area contributed by atoms with Crippen LogP contribution in [0.1, 0.15) is 52.0 Å². The molecular weight excluding hydrogens is 234 g/mol. The lowest BCUT2D eigenvalue weighted by Gasteiger charge is -2.20. The molecule has 0 aliphatic heterocycles. The highest BCUT2D eigenvalue weighted by Crippen LogP contribution is 2.25. The van der Waals surface area contributed by atoms with Crippen LogP contribution in [-0.4, -0.2) is 12.1 Å². The molecule has 2 heteroatoms. The molecule has 0 spiro atoms. The molecule has 0 aromatic heterocycles. The van der Waals surface area contributed by atoms with Gasteiger partial charge < -0.3 is 10.1 Å². The van der Waals surface area contributed by atoms with Crippen molar-refractivity contribution < 1.29 is 4.74 Å². The molecule has 1 N–H and O–H groups in total. The number of nitrogens with one attached hydrogen (secondary N) is 1. The Kier molecular flexibility index (Phi) is 4.87. The molecule has 1 saturated carbocycles. The van der Waals surface area contributed by atoms with Crippen LogP contribution >= 0.6 is 0 Å². The van der Waals surface area contributed by atoms with Crippen LogP contribution in [-0.2, 0) is 6.54 Å². The molecule has 1 aromatic rings. The zero-order valence-electron chi connectivity index (χ0n) is 12.5. The lowest BCUT2D eigenvalue weighted by molar-refractivity contribution is 0.252. The van der Waals surface area contributed by atoms with Gasteiger partial charge in [-0.3, -0.25) is 0 Å². The second-order valence-electron chi connectivity index (χ2n) is 6.71. The molecule has 0 atom stereocenters. The molecule has 1 fully saturated rings. The molecule has 1 aromatic carbocycles. The van der Waals surface area contributed by atoms with E-state index in [2.05, 4.69) is 50.4 Å². The van der Waals surface area contributed by atoms with Gasteiger partial charge in [0.15, 0.2) is 0 Å². The average molecular weight is 261 g/mol. The van der Waals surface area contributed by atoms with Crippen LogP contribution in [0.15, 0.2) is 24.3 Å². The third kappa shape index (κ3) is 5.23. The number of hydrogen-bond donors (Lipinski definition) is 1. The van der Waals surface area contributed by atoms with Crippen molar-refractivity contribution in [1.29, 1.82) is 0 Å². The van der Waals surface area contributed by atoms with Crippen LogP contribution < -0.4 is 10.1 Å². The van der Waals surface area contributed by atoms with Crippen molar-refractivity contribution in [2.45, 2.75) is 58.5 Å². The number of ether oxygens (including phenoxy) is 1. The SMILES string of the molecule is CC(C)(C)NCc1ccc(OCC2CCCC2)cc1. The summed E-state index contributed by atoms with van der Waals surface area (Å²) in [4.78, 5) is 0. The molecule has 2 rings (SSSR count). The van der Waals surface area contributed by atoms with Crippen molar-refractivity contribution in [3.8, 4) is 5.75 Å². The molecule has 19 heavy (non-hydrogen) atoms. The van der Waals surface area contributed by atoms with Crippen LogP contribution in [0, 0.1) is 5.92 Å². The van der Waals surface area contributed by atoms with Crippen molar-refractivity contribution >= 4 is 0 Å². The Hall–Kier alpha value is -1.02. The Balaban J connectivity index is 1.77. The molecular formula is C17H27NO. The fourth-order valence-corrected chi connectivity index (χ4v) is 2.46. The lowest BCUT2D eigenvalue weighted by Crippen LogP contribution is -2.35.